The molecule has 1 rings (SSSR count). The summed E-state index contributed by atoms with van der Waals surface area (Å²) in [5.41, 5.74) is -2.27. The molecule has 6 nitrogen and oxygen atoms in total. The first-order chi connectivity index (χ1) is 11.6. The Morgan fingerprint density at radius 1 is 1.36 bits per heavy atom. The van der Waals surface area contributed by atoms with Crippen LogP contribution in [0, 0.1) is 10.1 Å². The molecule has 1 N–H and O–H groups in total. The number of anilines is 1. The molecule has 138 valence electrons. The smallest absolute Gasteiger partial charge is 0.358 e. The number of rotatable bonds is 6. The van der Waals surface area contributed by atoms with Crippen molar-refractivity contribution < 1.29 is 22.9 Å². The summed E-state index contributed by atoms with van der Waals surface area (Å²) in [5.74, 6) is -0.699. The average molecular weight is 395 g/mol. The van der Waals surface area contributed by atoms with Crippen LogP contribution in [-0.4, -0.2) is 38.9 Å². The Kier molecular flexibility index (Phi) is 7.61. The monoisotopic (exact) mass is 395 g/mol. The molecule has 0 aromatic heterocycles. The van der Waals surface area contributed by atoms with E-state index in [0.29, 0.717) is 29.5 Å². The second-order valence-corrected chi connectivity index (χ2v) is 6.37. The second-order valence-electron chi connectivity index (χ2n) is 4.76. The number of carbonyl (C=O) groups excluding carboxylic acids is 1. The lowest BCUT2D eigenvalue weighted by Crippen LogP contribution is -2.28. The van der Waals surface area contributed by atoms with Gasteiger partial charge in [-0.3, -0.25) is 14.9 Å². The minimum Gasteiger partial charge on any atom is -0.358 e. The summed E-state index contributed by atoms with van der Waals surface area (Å²) in [4.78, 5) is 23.8. The third kappa shape index (κ3) is 6.16. The lowest BCUT2D eigenvalue weighted by atomic mass is 10.1. The van der Waals surface area contributed by atoms with Crippen molar-refractivity contribution in [1.82, 2.24) is 4.90 Å². The summed E-state index contributed by atoms with van der Waals surface area (Å²) in [6.07, 6.45) is -4.71. The fraction of sp³-hybridized carbons (Fsp3) is 0.429. The van der Waals surface area contributed by atoms with Gasteiger partial charge in [-0.25, -0.2) is 0 Å². The average Bonchev–Trinajstić information content (AvgIpc) is 2.53. The van der Waals surface area contributed by atoms with Gasteiger partial charge in [0.25, 0.3) is 5.69 Å². The van der Waals surface area contributed by atoms with E-state index in [2.05, 4.69) is 5.32 Å². The summed E-state index contributed by atoms with van der Waals surface area (Å²) in [7, 11) is 0. The molecular formula is C14H16F3N3O3S2. The normalized spacial score (nSPS) is 11.1. The minimum atomic E-state index is -4.71. The van der Waals surface area contributed by atoms with Crippen LogP contribution in [0.5, 0.6) is 0 Å². The van der Waals surface area contributed by atoms with Crippen LogP contribution in [0.15, 0.2) is 18.2 Å². The lowest BCUT2D eigenvalue weighted by molar-refractivity contribution is -0.384. The van der Waals surface area contributed by atoms with Crippen molar-refractivity contribution in [2.24, 2.45) is 0 Å². The molecule has 1 aromatic rings. The van der Waals surface area contributed by atoms with E-state index >= 15 is 0 Å². The maximum absolute atomic E-state index is 12.6. The molecule has 0 spiro atoms. The Hall–Kier alpha value is -1.88. The van der Waals surface area contributed by atoms with Crippen LogP contribution >= 0.6 is 24.0 Å². The zero-order valence-electron chi connectivity index (χ0n) is 13.4. The molecule has 0 aliphatic heterocycles. The number of alkyl halides is 3. The van der Waals surface area contributed by atoms with Crippen molar-refractivity contribution in [3.8, 4) is 0 Å². The van der Waals surface area contributed by atoms with Crippen molar-refractivity contribution in [3.63, 3.8) is 0 Å². The maximum atomic E-state index is 12.6. The zero-order valence-corrected chi connectivity index (χ0v) is 15.1. The number of halogens is 3. The highest BCUT2D eigenvalue weighted by Gasteiger charge is 2.33. The summed E-state index contributed by atoms with van der Waals surface area (Å²) < 4.78 is 38.4. The van der Waals surface area contributed by atoms with Gasteiger partial charge in [0.2, 0.25) is 5.91 Å². The topological polar surface area (TPSA) is 75.5 Å². The molecule has 0 radical (unpaired) electrons. The largest absolute Gasteiger partial charge is 0.416 e. The Labute approximate surface area is 151 Å². The number of carbonyl (C=O) groups is 1. The molecule has 0 aliphatic carbocycles. The highest BCUT2D eigenvalue weighted by molar-refractivity contribution is 8.23. The molecule has 0 atom stereocenters. The predicted molar refractivity (Wildman–Crippen MR) is 94.7 cm³/mol. The van der Waals surface area contributed by atoms with E-state index < -0.39 is 28.3 Å². The quantitative estimate of drug-likeness (QED) is 0.447. The second kappa shape index (κ2) is 8.99. The van der Waals surface area contributed by atoms with Gasteiger partial charge < -0.3 is 10.2 Å². The molecule has 0 saturated heterocycles. The van der Waals surface area contributed by atoms with Crippen molar-refractivity contribution in [1.29, 1.82) is 0 Å². The number of nitrogens with one attached hydrogen (secondary N) is 1. The fourth-order valence-corrected chi connectivity index (χ4v) is 3.05. The summed E-state index contributed by atoms with van der Waals surface area (Å²) in [6, 6.07) is 1.94. The Balaban J connectivity index is 2.83. The van der Waals surface area contributed by atoms with Crippen LogP contribution < -0.4 is 5.32 Å². The number of hydrogen-bond donors (Lipinski definition) is 1. The van der Waals surface area contributed by atoms with E-state index in [1.165, 1.54) is 0 Å². The number of benzene rings is 1. The first-order valence-corrected chi connectivity index (χ1v) is 8.56. The van der Waals surface area contributed by atoms with Gasteiger partial charge in [0.05, 0.1) is 16.2 Å². The van der Waals surface area contributed by atoms with Crippen LogP contribution in [0.25, 0.3) is 0 Å². The number of nitrogens with zero attached hydrogens (tertiary/aromatic N) is 2. The molecule has 0 aliphatic rings. The number of amides is 1. The Morgan fingerprint density at radius 3 is 2.44 bits per heavy atom. The third-order valence-electron chi connectivity index (χ3n) is 3.14. The van der Waals surface area contributed by atoms with Crippen molar-refractivity contribution in [2.45, 2.75) is 20.0 Å². The highest BCUT2D eigenvalue weighted by Crippen LogP contribution is 2.35. The van der Waals surface area contributed by atoms with Gasteiger partial charge >= 0.3 is 6.18 Å². The molecular weight excluding hydrogens is 379 g/mol. The van der Waals surface area contributed by atoms with Crippen LogP contribution in [0.1, 0.15) is 19.4 Å². The van der Waals surface area contributed by atoms with E-state index in [9.17, 15) is 28.1 Å². The first kappa shape index (κ1) is 21.2. The van der Waals surface area contributed by atoms with Crippen molar-refractivity contribution in [3.05, 3.63) is 33.9 Å². The van der Waals surface area contributed by atoms with Gasteiger partial charge in [-0.1, -0.05) is 24.0 Å². The minimum absolute atomic E-state index is 0.104. The van der Waals surface area contributed by atoms with Crippen molar-refractivity contribution >= 4 is 45.6 Å². The van der Waals surface area contributed by atoms with Gasteiger partial charge in [0, 0.05) is 19.2 Å². The molecule has 0 unspecified atom stereocenters. The van der Waals surface area contributed by atoms with Gasteiger partial charge in [0.1, 0.15) is 10.0 Å². The number of thiocarbonyl (C=S) groups is 1. The zero-order chi connectivity index (χ0) is 19.2. The van der Waals surface area contributed by atoms with Crippen molar-refractivity contribution in [2.75, 3.05) is 24.2 Å². The predicted octanol–water partition coefficient (Wildman–Crippen LogP) is 3.91. The van der Waals surface area contributed by atoms with E-state index in [1.807, 2.05) is 18.7 Å². The number of nitro groups is 1. The Morgan fingerprint density at radius 2 is 1.96 bits per heavy atom. The summed E-state index contributed by atoms with van der Waals surface area (Å²) >= 11 is 6.24. The molecule has 1 aromatic carbocycles. The SMILES string of the molecule is CCN(CC)C(=S)SCC(=O)Nc1ccc(C(F)(F)F)cc1[N+](=O)[O-]. The van der Waals surface area contributed by atoms with E-state index in [1.54, 1.807) is 0 Å². The molecule has 1 amide bonds. The van der Waals surface area contributed by atoms with E-state index in [4.69, 9.17) is 12.2 Å². The van der Waals surface area contributed by atoms with Gasteiger partial charge in [-0.2, -0.15) is 13.2 Å². The standard InChI is InChI=1S/C14H16F3N3O3S2/c1-3-19(4-2)13(24)25-8-12(21)18-10-6-5-9(14(15,16)17)7-11(10)20(22)23/h5-7H,3-4,8H2,1-2H3,(H,18,21). The number of thioether (sulfide) groups is 1. The molecule has 11 heteroatoms. The number of hydrogen-bond acceptors (Lipinski definition) is 5. The summed E-state index contributed by atoms with van der Waals surface area (Å²) in [6.45, 7) is 5.16. The molecule has 0 bridgehead atoms. The summed E-state index contributed by atoms with van der Waals surface area (Å²) in [5, 5.41) is 13.2. The van der Waals surface area contributed by atoms with Crippen LogP contribution in [0.2, 0.25) is 0 Å². The maximum Gasteiger partial charge on any atom is 0.416 e. The van der Waals surface area contributed by atoms with E-state index in [-0.39, 0.29) is 11.4 Å². The molecule has 0 fully saturated rings. The van der Waals surface area contributed by atoms with Crippen LogP contribution in [-0.2, 0) is 11.0 Å². The van der Waals surface area contributed by atoms with Gasteiger partial charge in [-0.05, 0) is 26.0 Å². The Bertz CT molecular complexity index is 664. The molecule has 0 heterocycles. The number of nitro benzene ring substituents is 1. The fourth-order valence-electron chi connectivity index (χ4n) is 1.85. The lowest BCUT2D eigenvalue weighted by Gasteiger charge is -2.20. The van der Waals surface area contributed by atoms with E-state index in [0.717, 1.165) is 17.8 Å². The van der Waals surface area contributed by atoms with Gasteiger partial charge in [-0.15, -0.1) is 0 Å². The van der Waals surface area contributed by atoms with Gasteiger partial charge in [0.15, 0.2) is 0 Å². The van der Waals surface area contributed by atoms with Crippen LogP contribution in [0.4, 0.5) is 24.5 Å². The third-order valence-corrected chi connectivity index (χ3v) is 4.67. The highest BCUT2D eigenvalue weighted by atomic mass is 32.2. The molecule has 0 saturated carbocycles. The molecule has 25 heavy (non-hydrogen) atoms. The first-order valence-electron chi connectivity index (χ1n) is 7.17. The van der Waals surface area contributed by atoms with Crippen LogP contribution in [0.3, 0.4) is 0 Å².